The molecule has 0 saturated carbocycles. The molecule has 2 aliphatic carbocycles. The van der Waals surface area contributed by atoms with Gasteiger partial charge >= 0.3 is 0 Å². The lowest BCUT2D eigenvalue weighted by Gasteiger charge is -2.37. The summed E-state index contributed by atoms with van der Waals surface area (Å²) >= 11 is 13.3. The van der Waals surface area contributed by atoms with Crippen LogP contribution in [-0.4, -0.2) is 6.10 Å². The molecule has 3 unspecified atom stereocenters. The summed E-state index contributed by atoms with van der Waals surface area (Å²) in [6.07, 6.45) is 8.24. The zero-order chi connectivity index (χ0) is 37.4. The summed E-state index contributed by atoms with van der Waals surface area (Å²) in [5.41, 5.74) is 8.17. The van der Waals surface area contributed by atoms with Gasteiger partial charge in [-0.05, 0) is 96.0 Å². The Labute approximate surface area is 322 Å². The molecule has 0 aromatic heterocycles. The Kier molecular flexibility index (Phi) is 9.73. The molecule has 264 valence electrons. The van der Waals surface area contributed by atoms with E-state index in [0.717, 1.165) is 22.3 Å². The van der Waals surface area contributed by atoms with Crippen LogP contribution >= 0.6 is 23.2 Å². The van der Waals surface area contributed by atoms with Gasteiger partial charge in [0.15, 0.2) is 0 Å². The quantitative estimate of drug-likeness (QED) is 0.134. The number of ether oxygens (including phenoxy) is 2. The molecule has 5 aromatic carbocycles. The summed E-state index contributed by atoms with van der Waals surface area (Å²) in [5.74, 6) is 1.24. The van der Waals surface area contributed by atoms with Crippen molar-refractivity contribution in [1.29, 1.82) is 10.5 Å². The molecule has 0 radical (unpaired) electrons. The first-order chi connectivity index (χ1) is 25.6. The number of alkyl halides is 1. The van der Waals surface area contributed by atoms with Crippen LogP contribution < -0.4 is 9.47 Å². The Bertz CT molecular complexity index is 2300. The average Bonchev–Trinajstić information content (AvgIpc) is 3.49. The van der Waals surface area contributed by atoms with Gasteiger partial charge in [-0.15, -0.1) is 11.6 Å². The number of fused-ring (bicyclic) bond motifs is 3. The van der Waals surface area contributed by atoms with Gasteiger partial charge in [0.2, 0.25) is 0 Å². The van der Waals surface area contributed by atoms with Gasteiger partial charge in [0.25, 0.3) is 0 Å². The van der Waals surface area contributed by atoms with Crippen LogP contribution in [0.5, 0.6) is 11.5 Å². The highest BCUT2D eigenvalue weighted by molar-refractivity contribution is 6.31. The molecule has 0 amide bonds. The molecule has 0 aliphatic heterocycles. The van der Waals surface area contributed by atoms with Gasteiger partial charge in [0, 0.05) is 12.0 Å². The van der Waals surface area contributed by atoms with Crippen molar-refractivity contribution < 1.29 is 9.47 Å². The molecule has 4 nitrogen and oxygen atoms in total. The van der Waals surface area contributed by atoms with E-state index in [4.69, 9.17) is 32.7 Å². The summed E-state index contributed by atoms with van der Waals surface area (Å²) in [5, 5.41) is 20.5. The van der Waals surface area contributed by atoms with Crippen LogP contribution in [0.1, 0.15) is 85.9 Å². The fourth-order valence-electron chi connectivity index (χ4n) is 7.95. The minimum atomic E-state index is -0.769. The molecule has 0 heterocycles. The Balaban J connectivity index is 1.27. The van der Waals surface area contributed by atoms with Crippen molar-refractivity contribution >= 4 is 23.2 Å². The van der Waals surface area contributed by atoms with Crippen molar-refractivity contribution in [3.05, 3.63) is 177 Å². The lowest BCUT2D eigenvalue weighted by Crippen LogP contribution is -2.31. The SMILES string of the molecule is CCC(C)(Cl)c1cccc(OC2C=CC(C3(c4ccc(OC(C)(CC)c5cccc(Cl)c5C#N)cc4)c4ccccc4-c4ccccc43)=CC2)c1C#N. The number of nitriles is 2. The number of hydrogen-bond acceptors (Lipinski definition) is 4. The lowest BCUT2D eigenvalue weighted by molar-refractivity contribution is 0.0823. The highest BCUT2D eigenvalue weighted by atomic mass is 35.5. The van der Waals surface area contributed by atoms with E-state index in [1.807, 2.05) is 63.2 Å². The van der Waals surface area contributed by atoms with Crippen LogP contribution in [0.3, 0.4) is 0 Å². The zero-order valence-electron chi connectivity index (χ0n) is 30.3. The van der Waals surface area contributed by atoms with E-state index >= 15 is 0 Å². The number of hydrogen-bond donors (Lipinski definition) is 0. The normalized spacial score (nSPS) is 17.6. The van der Waals surface area contributed by atoms with Gasteiger partial charge in [-0.3, -0.25) is 0 Å². The second kappa shape index (κ2) is 14.3. The molecule has 7 rings (SSSR count). The highest BCUT2D eigenvalue weighted by Crippen LogP contribution is 2.57. The van der Waals surface area contributed by atoms with Crippen LogP contribution in [0, 0.1) is 22.7 Å². The third kappa shape index (κ3) is 6.11. The predicted octanol–water partition coefficient (Wildman–Crippen LogP) is 12.3. The van der Waals surface area contributed by atoms with E-state index in [-0.39, 0.29) is 6.10 Å². The first-order valence-electron chi connectivity index (χ1n) is 18.1. The number of nitrogens with zero attached hydrogens (tertiary/aromatic N) is 2. The van der Waals surface area contributed by atoms with Gasteiger partial charge in [0.1, 0.15) is 35.3 Å². The maximum Gasteiger partial charge on any atom is 0.138 e. The van der Waals surface area contributed by atoms with E-state index in [1.165, 1.54) is 22.3 Å². The van der Waals surface area contributed by atoms with Crippen LogP contribution in [0.2, 0.25) is 5.02 Å². The molecule has 0 saturated heterocycles. The van der Waals surface area contributed by atoms with E-state index in [0.29, 0.717) is 46.9 Å². The fourth-order valence-corrected chi connectivity index (χ4v) is 8.33. The van der Waals surface area contributed by atoms with Gasteiger partial charge in [-0.2, -0.15) is 10.5 Å². The molecule has 6 heteroatoms. The Hall–Kier alpha value is -5.26. The van der Waals surface area contributed by atoms with Gasteiger partial charge < -0.3 is 9.47 Å². The minimum absolute atomic E-state index is 0.263. The van der Waals surface area contributed by atoms with E-state index in [2.05, 4.69) is 98.0 Å². The lowest BCUT2D eigenvalue weighted by atomic mass is 9.66. The molecule has 53 heavy (non-hydrogen) atoms. The molecule has 2 aliphatic rings. The third-order valence-corrected chi connectivity index (χ3v) is 11.9. The fraction of sp³-hybridized carbons (Fsp3) is 0.234. The number of halogens is 2. The maximum atomic E-state index is 10.2. The summed E-state index contributed by atoms with van der Waals surface area (Å²) in [4.78, 5) is -0.667. The molecule has 3 atom stereocenters. The largest absolute Gasteiger partial charge is 0.485 e. The second-order valence-electron chi connectivity index (χ2n) is 14.1. The summed E-state index contributed by atoms with van der Waals surface area (Å²) in [7, 11) is 0. The Morgan fingerprint density at radius 2 is 1.38 bits per heavy atom. The first kappa shape index (κ1) is 36.1. The van der Waals surface area contributed by atoms with E-state index in [1.54, 1.807) is 6.07 Å². The number of allylic oxidation sites excluding steroid dienone is 2. The zero-order valence-corrected chi connectivity index (χ0v) is 31.8. The third-order valence-electron chi connectivity index (χ3n) is 11.1. The highest BCUT2D eigenvalue weighted by Gasteiger charge is 2.47. The van der Waals surface area contributed by atoms with Crippen molar-refractivity contribution in [2.24, 2.45) is 0 Å². The van der Waals surface area contributed by atoms with Crippen molar-refractivity contribution in [2.45, 2.75) is 69.0 Å². The van der Waals surface area contributed by atoms with Crippen LogP contribution in [0.25, 0.3) is 11.1 Å². The van der Waals surface area contributed by atoms with Crippen molar-refractivity contribution in [2.75, 3.05) is 0 Å². The summed E-state index contributed by atoms with van der Waals surface area (Å²) in [6, 6.07) is 41.5. The Morgan fingerprint density at radius 1 is 0.755 bits per heavy atom. The molecule has 0 N–H and O–H groups in total. The topological polar surface area (TPSA) is 66.0 Å². The van der Waals surface area contributed by atoms with Crippen LogP contribution in [0.4, 0.5) is 0 Å². The first-order valence-corrected chi connectivity index (χ1v) is 18.8. The van der Waals surface area contributed by atoms with E-state index in [9.17, 15) is 10.5 Å². The molecular weight excluding hydrogens is 695 g/mol. The molecule has 0 fully saturated rings. The maximum absolute atomic E-state index is 10.2. The van der Waals surface area contributed by atoms with Gasteiger partial charge in [-0.1, -0.05) is 123 Å². The number of benzene rings is 5. The average molecular weight is 736 g/mol. The summed E-state index contributed by atoms with van der Waals surface area (Å²) in [6.45, 7) is 8.00. The van der Waals surface area contributed by atoms with Crippen LogP contribution in [-0.2, 0) is 15.9 Å². The second-order valence-corrected chi connectivity index (χ2v) is 15.3. The Morgan fingerprint density at radius 3 is 1.96 bits per heavy atom. The van der Waals surface area contributed by atoms with Gasteiger partial charge in [0.05, 0.1) is 26.4 Å². The molecular formula is C47H40Cl2N2O2. The molecule has 0 bridgehead atoms. The van der Waals surface area contributed by atoms with Crippen molar-refractivity contribution in [3.63, 3.8) is 0 Å². The predicted molar refractivity (Wildman–Crippen MR) is 214 cm³/mol. The number of rotatable bonds is 10. The monoisotopic (exact) mass is 734 g/mol. The van der Waals surface area contributed by atoms with Crippen LogP contribution in [0.15, 0.2) is 133 Å². The van der Waals surface area contributed by atoms with Crippen molar-refractivity contribution in [3.8, 4) is 34.8 Å². The molecule has 5 aromatic rings. The van der Waals surface area contributed by atoms with Gasteiger partial charge in [-0.25, -0.2) is 0 Å². The summed E-state index contributed by atoms with van der Waals surface area (Å²) < 4.78 is 13.2. The molecule has 0 spiro atoms. The van der Waals surface area contributed by atoms with E-state index < -0.39 is 15.9 Å². The van der Waals surface area contributed by atoms with Crippen molar-refractivity contribution in [1.82, 2.24) is 0 Å². The smallest absolute Gasteiger partial charge is 0.138 e. The minimum Gasteiger partial charge on any atom is -0.485 e. The standard InChI is InChI=1S/C47H40Cl2N2O2/c1-5-45(3,49)39-17-12-20-44(38(39)30-51)52-33-25-21-31(22-26-33)47(41-15-9-7-13-35(41)36-14-8-10-16-42(36)47)32-23-27-34(28-24-32)53-46(4,6-2)40-18-11-19-43(48)37(40)29-50/h7-25,27-28,33H,5-6,26H2,1-4H3.